The fraction of sp³-hybridized carbons (Fsp3) is 0.600. The van der Waals surface area contributed by atoms with Crippen LogP contribution in [0.1, 0.15) is 38.8 Å². The van der Waals surface area contributed by atoms with Gasteiger partial charge in [-0.05, 0) is 64.2 Å². The van der Waals surface area contributed by atoms with Crippen LogP contribution in [0.4, 0.5) is 0 Å². The van der Waals surface area contributed by atoms with Gasteiger partial charge in [-0.2, -0.15) is 0 Å². The van der Waals surface area contributed by atoms with Crippen LogP contribution in [0.5, 0.6) is 5.75 Å². The molecule has 104 valence electrons. The number of methoxy groups -OCH3 is 1. The van der Waals surface area contributed by atoms with Gasteiger partial charge in [0.1, 0.15) is 5.75 Å². The van der Waals surface area contributed by atoms with E-state index in [1.54, 1.807) is 7.11 Å². The van der Waals surface area contributed by atoms with Crippen LogP contribution in [-0.4, -0.2) is 25.4 Å². The highest BCUT2D eigenvalue weighted by Gasteiger charge is 2.52. The first-order chi connectivity index (χ1) is 8.69. The molecule has 1 aliphatic rings. The summed E-state index contributed by atoms with van der Waals surface area (Å²) in [6.45, 7) is 12.4. The molecule has 3 nitrogen and oxygen atoms in total. The second kappa shape index (κ2) is 4.53. The van der Waals surface area contributed by atoms with E-state index in [2.05, 4.69) is 41.5 Å². The van der Waals surface area contributed by atoms with E-state index >= 15 is 0 Å². The third-order valence-corrected chi connectivity index (χ3v) is 4.51. The van der Waals surface area contributed by atoms with Crippen LogP contribution in [0.2, 0.25) is 0 Å². The van der Waals surface area contributed by atoms with Gasteiger partial charge >= 0.3 is 7.12 Å². The number of ether oxygens (including phenoxy) is 1. The van der Waals surface area contributed by atoms with E-state index < -0.39 is 0 Å². The molecule has 0 radical (unpaired) electrons. The zero-order chi connectivity index (χ0) is 14.4. The maximum atomic E-state index is 6.10. The molecule has 0 bridgehead atoms. The van der Waals surface area contributed by atoms with Crippen molar-refractivity contribution in [3.05, 3.63) is 23.3 Å². The van der Waals surface area contributed by atoms with Crippen molar-refractivity contribution >= 4 is 12.6 Å². The Morgan fingerprint density at radius 2 is 1.47 bits per heavy atom. The van der Waals surface area contributed by atoms with Crippen molar-refractivity contribution in [2.24, 2.45) is 0 Å². The molecule has 0 spiro atoms. The van der Waals surface area contributed by atoms with Crippen molar-refractivity contribution in [2.75, 3.05) is 7.11 Å². The van der Waals surface area contributed by atoms with E-state index in [9.17, 15) is 0 Å². The summed E-state index contributed by atoms with van der Waals surface area (Å²) >= 11 is 0. The van der Waals surface area contributed by atoms with Crippen LogP contribution < -0.4 is 10.2 Å². The minimum absolute atomic E-state index is 0.308. The van der Waals surface area contributed by atoms with E-state index in [1.165, 1.54) is 0 Å². The molecule has 0 aliphatic carbocycles. The molecule has 1 heterocycles. The summed E-state index contributed by atoms with van der Waals surface area (Å²) in [5, 5.41) is 0. The molecule has 0 N–H and O–H groups in total. The maximum Gasteiger partial charge on any atom is 0.495 e. The second-order valence-electron chi connectivity index (χ2n) is 6.20. The molecule has 19 heavy (non-hydrogen) atoms. The van der Waals surface area contributed by atoms with Crippen LogP contribution in [0.25, 0.3) is 0 Å². The van der Waals surface area contributed by atoms with Crippen LogP contribution in [0.15, 0.2) is 12.1 Å². The first-order valence-electron chi connectivity index (χ1n) is 6.69. The Balaban J connectivity index is 2.38. The summed E-state index contributed by atoms with van der Waals surface area (Å²) in [5.41, 5.74) is 2.76. The highest BCUT2D eigenvalue weighted by atomic mass is 16.7. The van der Waals surface area contributed by atoms with E-state index in [0.29, 0.717) is 0 Å². The van der Waals surface area contributed by atoms with E-state index in [4.69, 9.17) is 14.0 Å². The zero-order valence-corrected chi connectivity index (χ0v) is 13.0. The summed E-state index contributed by atoms with van der Waals surface area (Å²) in [7, 11) is 1.38. The summed E-state index contributed by atoms with van der Waals surface area (Å²) in [5.74, 6) is 0.901. The molecule has 0 atom stereocenters. The zero-order valence-electron chi connectivity index (χ0n) is 13.0. The molecule has 1 aromatic rings. The van der Waals surface area contributed by atoms with Gasteiger partial charge in [-0.25, -0.2) is 0 Å². The van der Waals surface area contributed by atoms with Crippen molar-refractivity contribution in [2.45, 2.75) is 52.7 Å². The first kappa shape index (κ1) is 14.4. The Morgan fingerprint density at radius 3 is 1.95 bits per heavy atom. The van der Waals surface area contributed by atoms with Crippen molar-refractivity contribution in [3.8, 4) is 5.75 Å². The quantitative estimate of drug-likeness (QED) is 0.767. The van der Waals surface area contributed by atoms with Gasteiger partial charge in [0.2, 0.25) is 0 Å². The maximum absolute atomic E-state index is 6.10. The molecule has 0 unspecified atom stereocenters. The average molecular weight is 262 g/mol. The van der Waals surface area contributed by atoms with Gasteiger partial charge in [-0.1, -0.05) is 6.07 Å². The van der Waals surface area contributed by atoms with Crippen molar-refractivity contribution in [1.29, 1.82) is 0 Å². The third-order valence-electron chi connectivity index (χ3n) is 4.51. The number of benzene rings is 1. The Morgan fingerprint density at radius 1 is 0.947 bits per heavy atom. The van der Waals surface area contributed by atoms with Gasteiger partial charge < -0.3 is 14.0 Å². The molecular formula is C15H23BO3. The highest BCUT2D eigenvalue weighted by Crippen LogP contribution is 2.37. The lowest BCUT2D eigenvalue weighted by atomic mass is 9.75. The molecule has 1 aromatic carbocycles. The van der Waals surface area contributed by atoms with Crippen LogP contribution in [0, 0.1) is 13.8 Å². The Kier molecular flexibility index (Phi) is 3.44. The predicted molar refractivity (Wildman–Crippen MR) is 78.2 cm³/mol. The molecule has 0 amide bonds. The molecular weight excluding hydrogens is 239 g/mol. The fourth-order valence-electron chi connectivity index (χ4n) is 2.26. The molecule has 1 fully saturated rings. The van der Waals surface area contributed by atoms with Crippen LogP contribution in [0.3, 0.4) is 0 Å². The SMILES string of the molecule is COc1ccc(B2OC(C)(C)C(C)(C)O2)c(C)c1C. The third kappa shape index (κ3) is 2.28. The van der Waals surface area contributed by atoms with Gasteiger partial charge in [-0.15, -0.1) is 0 Å². The van der Waals surface area contributed by atoms with Crippen molar-refractivity contribution in [1.82, 2.24) is 0 Å². The number of hydrogen-bond acceptors (Lipinski definition) is 3. The fourth-order valence-corrected chi connectivity index (χ4v) is 2.26. The molecule has 0 aromatic heterocycles. The monoisotopic (exact) mass is 262 g/mol. The number of hydrogen-bond donors (Lipinski definition) is 0. The van der Waals surface area contributed by atoms with Gasteiger partial charge in [0, 0.05) is 0 Å². The number of rotatable bonds is 2. The minimum atomic E-state index is -0.311. The van der Waals surface area contributed by atoms with Crippen LogP contribution >= 0.6 is 0 Å². The Labute approximate surface area is 116 Å². The molecule has 4 heteroatoms. The summed E-state index contributed by atoms with van der Waals surface area (Å²) in [6, 6.07) is 4.01. The summed E-state index contributed by atoms with van der Waals surface area (Å²) < 4.78 is 17.5. The molecule has 2 rings (SSSR count). The Bertz CT molecular complexity index is 478. The molecule has 0 saturated carbocycles. The van der Waals surface area contributed by atoms with E-state index in [0.717, 1.165) is 22.3 Å². The van der Waals surface area contributed by atoms with Crippen molar-refractivity contribution < 1.29 is 14.0 Å². The highest BCUT2D eigenvalue weighted by molar-refractivity contribution is 6.62. The minimum Gasteiger partial charge on any atom is -0.496 e. The largest absolute Gasteiger partial charge is 0.496 e. The molecule has 1 aliphatic heterocycles. The molecule has 1 saturated heterocycles. The summed E-state index contributed by atoms with van der Waals surface area (Å²) in [6.07, 6.45) is 0. The predicted octanol–water partition coefficient (Wildman–Crippen LogP) is 2.61. The van der Waals surface area contributed by atoms with Gasteiger partial charge in [0.05, 0.1) is 18.3 Å². The topological polar surface area (TPSA) is 27.7 Å². The van der Waals surface area contributed by atoms with Gasteiger partial charge in [0.25, 0.3) is 0 Å². The lowest BCUT2D eigenvalue weighted by Gasteiger charge is -2.32. The van der Waals surface area contributed by atoms with E-state index in [-0.39, 0.29) is 18.3 Å². The van der Waals surface area contributed by atoms with Crippen LogP contribution in [-0.2, 0) is 9.31 Å². The van der Waals surface area contributed by atoms with Gasteiger partial charge in [-0.3, -0.25) is 0 Å². The van der Waals surface area contributed by atoms with Gasteiger partial charge in [0.15, 0.2) is 0 Å². The summed E-state index contributed by atoms with van der Waals surface area (Å²) in [4.78, 5) is 0. The first-order valence-corrected chi connectivity index (χ1v) is 6.69. The van der Waals surface area contributed by atoms with E-state index in [1.807, 2.05) is 12.1 Å². The average Bonchev–Trinajstić information content (AvgIpc) is 2.51. The van der Waals surface area contributed by atoms with Crippen molar-refractivity contribution in [3.63, 3.8) is 0 Å². The normalized spacial score (nSPS) is 20.7. The second-order valence-corrected chi connectivity index (χ2v) is 6.20. The standard InChI is InChI=1S/C15H23BO3/c1-10-11(2)13(17-7)9-8-12(10)16-18-14(3,4)15(5,6)19-16/h8-9H,1-7H3. The smallest absolute Gasteiger partial charge is 0.495 e. The lowest BCUT2D eigenvalue weighted by molar-refractivity contribution is 0.00578. The Hall–Kier alpha value is -0.995. The lowest BCUT2D eigenvalue weighted by Crippen LogP contribution is -2.41.